The predicted molar refractivity (Wildman–Crippen MR) is 43.5 cm³/mol. The van der Waals surface area contributed by atoms with Gasteiger partial charge in [0.25, 0.3) is 0 Å². The van der Waals surface area contributed by atoms with Crippen LogP contribution in [0.1, 0.15) is 5.56 Å². The number of hydrogen-bond acceptors (Lipinski definition) is 3. The molecule has 0 unspecified atom stereocenters. The summed E-state index contributed by atoms with van der Waals surface area (Å²) in [6.07, 6.45) is 1.35. The van der Waals surface area contributed by atoms with Gasteiger partial charge >= 0.3 is 5.97 Å². The van der Waals surface area contributed by atoms with E-state index in [1.807, 2.05) is 0 Å². The molecule has 0 saturated heterocycles. The van der Waals surface area contributed by atoms with Crippen LogP contribution in [0, 0.1) is 6.42 Å². The summed E-state index contributed by atoms with van der Waals surface area (Å²) in [7, 11) is 1.32. The van der Waals surface area contributed by atoms with Crippen molar-refractivity contribution >= 4 is 5.97 Å². The molecule has 0 aromatic heterocycles. The third kappa shape index (κ3) is 2.27. The smallest absolute Gasteiger partial charge is 0.314 e. The van der Waals surface area contributed by atoms with Crippen molar-refractivity contribution in [3.05, 3.63) is 36.2 Å². The van der Waals surface area contributed by atoms with Gasteiger partial charge < -0.3 is 9.84 Å². The van der Waals surface area contributed by atoms with E-state index in [9.17, 15) is 4.79 Å². The van der Waals surface area contributed by atoms with Gasteiger partial charge in [0, 0.05) is 0 Å². The first-order valence-electron chi connectivity index (χ1n) is 3.44. The molecule has 3 nitrogen and oxygen atoms in total. The predicted octanol–water partition coefficient (Wildman–Crippen LogP) is 1.12. The van der Waals surface area contributed by atoms with E-state index in [0.29, 0.717) is 5.56 Å². The van der Waals surface area contributed by atoms with Gasteiger partial charge in [0.1, 0.15) is 5.75 Å². The summed E-state index contributed by atoms with van der Waals surface area (Å²) in [4.78, 5) is 10.7. The normalized spacial score (nSPS) is 9.42. The van der Waals surface area contributed by atoms with Crippen molar-refractivity contribution in [1.29, 1.82) is 0 Å². The monoisotopic (exact) mass is 165 g/mol. The zero-order valence-corrected chi connectivity index (χ0v) is 6.65. The third-order valence-electron chi connectivity index (χ3n) is 1.38. The van der Waals surface area contributed by atoms with Gasteiger partial charge in [-0.3, -0.25) is 4.79 Å². The Morgan fingerprint density at radius 1 is 1.42 bits per heavy atom. The molecule has 1 aromatic carbocycles. The lowest BCUT2D eigenvalue weighted by molar-refractivity contribution is -0.136. The summed E-state index contributed by atoms with van der Waals surface area (Å²) < 4.78 is 4.43. The Morgan fingerprint density at radius 3 is 2.50 bits per heavy atom. The van der Waals surface area contributed by atoms with Gasteiger partial charge in [0.2, 0.25) is 0 Å². The van der Waals surface area contributed by atoms with E-state index in [1.54, 1.807) is 12.1 Å². The molecule has 0 saturated carbocycles. The Bertz CT molecular complexity index is 264. The maximum absolute atomic E-state index is 10.7. The molecule has 1 radical (unpaired) electrons. The van der Waals surface area contributed by atoms with Crippen LogP contribution in [0.3, 0.4) is 0 Å². The van der Waals surface area contributed by atoms with Gasteiger partial charge in [-0.25, -0.2) is 0 Å². The highest BCUT2D eigenvalue weighted by atomic mass is 16.5. The lowest BCUT2D eigenvalue weighted by Crippen LogP contribution is -2.01. The van der Waals surface area contributed by atoms with Crippen LogP contribution in [-0.2, 0) is 9.53 Å². The van der Waals surface area contributed by atoms with Gasteiger partial charge in [-0.1, -0.05) is 12.1 Å². The van der Waals surface area contributed by atoms with Gasteiger partial charge in [0.15, 0.2) is 0 Å². The summed E-state index contributed by atoms with van der Waals surface area (Å²) in [5.74, 6) is -0.224. The molecule has 0 aliphatic heterocycles. The molecule has 0 amide bonds. The number of methoxy groups -OCH3 is 1. The number of rotatable bonds is 2. The topological polar surface area (TPSA) is 46.5 Å². The van der Waals surface area contributed by atoms with Gasteiger partial charge in [-0.15, -0.1) is 0 Å². The van der Waals surface area contributed by atoms with Crippen molar-refractivity contribution in [3.63, 3.8) is 0 Å². The van der Waals surface area contributed by atoms with E-state index in [0.717, 1.165) is 0 Å². The van der Waals surface area contributed by atoms with Crippen molar-refractivity contribution < 1.29 is 14.6 Å². The van der Waals surface area contributed by atoms with Gasteiger partial charge in [-0.2, -0.15) is 0 Å². The van der Waals surface area contributed by atoms with E-state index in [1.165, 1.54) is 25.7 Å². The quantitative estimate of drug-likeness (QED) is 0.668. The van der Waals surface area contributed by atoms with Crippen LogP contribution >= 0.6 is 0 Å². The first-order chi connectivity index (χ1) is 5.72. The SMILES string of the molecule is COC(=O)[CH]c1ccc(O)cc1. The molecule has 1 rings (SSSR count). The van der Waals surface area contributed by atoms with E-state index in [4.69, 9.17) is 5.11 Å². The van der Waals surface area contributed by atoms with Crippen molar-refractivity contribution in [1.82, 2.24) is 0 Å². The molecular weight excluding hydrogens is 156 g/mol. The maximum atomic E-state index is 10.7. The van der Waals surface area contributed by atoms with E-state index in [-0.39, 0.29) is 5.75 Å². The van der Waals surface area contributed by atoms with Crippen LogP contribution < -0.4 is 0 Å². The second-order valence-electron chi connectivity index (χ2n) is 2.26. The minimum Gasteiger partial charge on any atom is -0.508 e. The second-order valence-corrected chi connectivity index (χ2v) is 2.26. The molecule has 0 spiro atoms. The molecular formula is C9H9O3. The van der Waals surface area contributed by atoms with Gasteiger partial charge in [-0.05, 0) is 17.7 Å². The van der Waals surface area contributed by atoms with Crippen molar-refractivity contribution in [2.75, 3.05) is 7.11 Å². The van der Waals surface area contributed by atoms with E-state index in [2.05, 4.69) is 4.74 Å². The van der Waals surface area contributed by atoms with E-state index < -0.39 is 5.97 Å². The summed E-state index contributed by atoms with van der Waals surface area (Å²) in [6.45, 7) is 0. The van der Waals surface area contributed by atoms with Gasteiger partial charge in [0.05, 0.1) is 13.5 Å². The summed E-state index contributed by atoms with van der Waals surface area (Å²) in [6, 6.07) is 6.28. The summed E-state index contributed by atoms with van der Waals surface area (Å²) in [5, 5.41) is 8.92. The molecule has 1 aromatic rings. The Kier molecular flexibility index (Phi) is 2.69. The average Bonchev–Trinajstić information content (AvgIpc) is 2.09. The number of aromatic hydroxyl groups is 1. The first kappa shape index (κ1) is 8.59. The number of esters is 1. The van der Waals surface area contributed by atoms with E-state index >= 15 is 0 Å². The van der Waals surface area contributed by atoms with Crippen LogP contribution in [0.15, 0.2) is 24.3 Å². The fraction of sp³-hybridized carbons (Fsp3) is 0.111. The number of benzene rings is 1. The van der Waals surface area contributed by atoms with Crippen LogP contribution in [0.2, 0.25) is 0 Å². The van der Waals surface area contributed by atoms with Crippen molar-refractivity contribution in [2.24, 2.45) is 0 Å². The Labute approximate surface area is 70.6 Å². The lowest BCUT2D eigenvalue weighted by Gasteiger charge is -1.98. The number of phenolic OH excluding ortho intramolecular Hbond substituents is 1. The zero-order valence-electron chi connectivity index (χ0n) is 6.65. The highest BCUT2D eigenvalue weighted by molar-refractivity contribution is 5.83. The maximum Gasteiger partial charge on any atom is 0.314 e. The number of ether oxygens (including phenoxy) is 1. The molecule has 3 heteroatoms. The molecule has 0 bridgehead atoms. The highest BCUT2D eigenvalue weighted by Crippen LogP contribution is 2.11. The molecule has 0 aliphatic rings. The number of hydrogen-bond donors (Lipinski definition) is 1. The minimum atomic E-state index is -0.402. The molecule has 0 heterocycles. The number of carbonyl (C=O) groups is 1. The van der Waals surface area contributed by atoms with Crippen LogP contribution in [0.4, 0.5) is 0 Å². The number of carbonyl (C=O) groups excluding carboxylic acids is 1. The Morgan fingerprint density at radius 2 is 2.00 bits per heavy atom. The number of phenols is 1. The molecule has 63 valence electrons. The molecule has 0 atom stereocenters. The minimum absolute atomic E-state index is 0.178. The van der Waals surface area contributed by atoms with Crippen LogP contribution in [-0.4, -0.2) is 18.2 Å². The van der Waals surface area contributed by atoms with Crippen molar-refractivity contribution in [3.8, 4) is 5.75 Å². The highest BCUT2D eigenvalue weighted by Gasteiger charge is 2.02. The third-order valence-corrected chi connectivity index (χ3v) is 1.38. The summed E-state index contributed by atoms with van der Waals surface area (Å²) in [5.41, 5.74) is 0.708. The average molecular weight is 165 g/mol. The molecule has 1 N–H and O–H groups in total. The lowest BCUT2D eigenvalue weighted by atomic mass is 10.1. The fourth-order valence-electron chi connectivity index (χ4n) is 0.766. The van der Waals surface area contributed by atoms with Crippen molar-refractivity contribution in [2.45, 2.75) is 0 Å². The second kappa shape index (κ2) is 3.76. The van der Waals surface area contributed by atoms with Crippen LogP contribution in [0.25, 0.3) is 0 Å². The largest absolute Gasteiger partial charge is 0.508 e. The fourth-order valence-corrected chi connectivity index (χ4v) is 0.766. The molecule has 0 aliphatic carbocycles. The first-order valence-corrected chi connectivity index (χ1v) is 3.44. The Hall–Kier alpha value is -1.51. The molecule has 0 fully saturated rings. The zero-order chi connectivity index (χ0) is 8.97. The summed E-state index contributed by atoms with van der Waals surface area (Å²) >= 11 is 0. The van der Waals surface area contributed by atoms with Crippen LogP contribution in [0.5, 0.6) is 5.75 Å². The Balaban J connectivity index is 2.64. The standard InChI is InChI=1S/C9H9O3/c1-12-9(11)6-7-2-4-8(10)5-3-7/h2-6,10H,1H3. The molecule has 12 heavy (non-hydrogen) atoms.